The van der Waals surface area contributed by atoms with E-state index in [1.165, 1.54) is 11.1 Å². The van der Waals surface area contributed by atoms with Gasteiger partial charge in [-0.05, 0) is 53.6 Å². The topological polar surface area (TPSA) is 35.6 Å². The maximum atomic E-state index is 14.5. The molecule has 3 aromatic rings. The first kappa shape index (κ1) is 18.6. The molecular formula is C23H24FN3OS. The Balaban J connectivity index is 1.21. The minimum atomic E-state index is -0.125. The smallest absolute Gasteiger partial charge is 0.224 e. The molecule has 6 heteroatoms. The predicted molar refractivity (Wildman–Crippen MR) is 118 cm³/mol. The van der Waals surface area contributed by atoms with Gasteiger partial charge in [-0.2, -0.15) is 0 Å². The third-order valence-corrected chi connectivity index (χ3v) is 6.91. The second-order valence-corrected chi connectivity index (χ2v) is 8.79. The molecule has 0 spiro atoms. The van der Waals surface area contributed by atoms with E-state index in [2.05, 4.69) is 33.3 Å². The van der Waals surface area contributed by atoms with Gasteiger partial charge >= 0.3 is 0 Å². The fourth-order valence-corrected chi connectivity index (χ4v) is 5.17. The quantitative estimate of drug-likeness (QED) is 0.698. The Morgan fingerprint density at radius 2 is 1.90 bits per heavy atom. The van der Waals surface area contributed by atoms with E-state index in [0.717, 1.165) is 67.0 Å². The van der Waals surface area contributed by atoms with Gasteiger partial charge in [-0.3, -0.25) is 9.69 Å². The number of aryl methyl sites for hydroxylation is 1. The normalized spacial score (nSPS) is 17.4. The van der Waals surface area contributed by atoms with Gasteiger partial charge in [0.05, 0.1) is 5.69 Å². The number of nitrogens with zero attached hydrogens (tertiary/aromatic N) is 2. The number of thiophene rings is 1. The van der Waals surface area contributed by atoms with Crippen molar-refractivity contribution in [3.63, 3.8) is 0 Å². The van der Waals surface area contributed by atoms with Crippen molar-refractivity contribution >= 4 is 38.7 Å². The van der Waals surface area contributed by atoms with Gasteiger partial charge in [0.25, 0.3) is 0 Å². The van der Waals surface area contributed by atoms with E-state index >= 15 is 0 Å². The molecule has 1 aromatic heterocycles. The van der Waals surface area contributed by atoms with Crippen LogP contribution in [0.4, 0.5) is 15.8 Å². The van der Waals surface area contributed by atoms with Crippen molar-refractivity contribution in [2.24, 2.45) is 0 Å². The van der Waals surface area contributed by atoms with Gasteiger partial charge in [-0.25, -0.2) is 4.39 Å². The second kappa shape index (κ2) is 7.76. The fraction of sp³-hybridized carbons (Fsp3) is 0.348. The van der Waals surface area contributed by atoms with E-state index in [9.17, 15) is 9.18 Å². The number of piperazine rings is 1. The molecule has 0 bridgehead atoms. The lowest BCUT2D eigenvalue weighted by Gasteiger charge is -2.36. The molecule has 0 saturated carbocycles. The minimum absolute atomic E-state index is 0.110. The van der Waals surface area contributed by atoms with Crippen molar-refractivity contribution < 1.29 is 9.18 Å². The van der Waals surface area contributed by atoms with Gasteiger partial charge in [0, 0.05) is 54.9 Å². The van der Waals surface area contributed by atoms with Crippen LogP contribution >= 0.6 is 11.3 Å². The summed E-state index contributed by atoms with van der Waals surface area (Å²) >= 11 is 1.66. The average Bonchev–Trinajstić information content (AvgIpc) is 3.21. The lowest BCUT2D eigenvalue weighted by atomic mass is 9.99. The highest BCUT2D eigenvalue weighted by Crippen LogP contribution is 2.33. The van der Waals surface area contributed by atoms with Crippen LogP contribution in [0.3, 0.4) is 0 Å². The summed E-state index contributed by atoms with van der Waals surface area (Å²) in [6.45, 7) is 4.52. The van der Waals surface area contributed by atoms with Gasteiger partial charge < -0.3 is 10.2 Å². The largest absolute Gasteiger partial charge is 0.366 e. The molecule has 5 rings (SSSR count). The number of benzene rings is 2. The third-order valence-electron chi connectivity index (χ3n) is 6.03. The molecule has 1 N–H and O–H groups in total. The number of rotatable bonds is 4. The number of hydrogen-bond acceptors (Lipinski definition) is 4. The van der Waals surface area contributed by atoms with Crippen LogP contribution in [0.2, 0.25) is 0 Å². The SMILES string of the molecule is O=C1CCc2ccc(CCN3CCN(c4c(F)ccc5sccc45)CC3)cc2N1. The van der Waals surface area contributed by atoms with Gasteiger partial charge in [-0.1, -0.05) is 12.1 Å². The molecule has 0 aliphatic carbocycles. The number of fused-ring (bicyclic) bond motifs is 2. The first-order valence-corrected chi connectivity index (χ1v) is 11.1. The first-order valence-electron chi connectivity index (χ1n) is 10.2. The van der Waals surface area contributed by atoms with Gasteiger partial charge in [0.1, 0.15) is 5.82 Å². The Labute approximate surface area is 173 Å². The lowest BCUT2D eigenvalue weighted by Crippen LogP contribution is -2.47. The molecule has 0 unspecified atom stereocenters. The molecular weight excluding hydrogens is 385 g/mol. The Bertz CT molecular complexity index is 1060. The number of carbonyl (C=O) groups excluding carboxylic acids is 1. The maximum absolute atomic E-state index is 14.5. The zero-order valence-electron chi connectivity index (χ0n) is 16.3. The lowest BCUT2D eigenvalue weighted by molar-refractivity contribution is -0.116. The molecule has 1 fully saturated rings. The summed E-state index contributed by atoms with van der Waals surface area (Å²) in [4.78, 5) is 16.3. The van der Waals surface area contributed by atoms with Crippen molar-refractivity contribution in [2.45, 2.75) is 19.3 Å². The van der Waals surface area contributed by atoms with E-state index in [0.29, 0.717) is 6.42 Å². The number of anilines is 2. The predicted octanol–water partition coefficient (Wildman–Crippen LogP) is 4.29. The zero-order valence-corrected chi connectivity index (χ0v) is 17.1. The Kier molecular flexibility index (Phi) is 4.97. The molecule has 4 nitrogen and oxygen atoms in total. The van der Waals surface area contributed by atoms with E-state index < -0.39 is 0 Å². The summed E-state index contributed by atoms with van der Waals surface area (Å²) in [5.74, 6) is -0.0147. The van der Waals surface area contributed by atoms with Gasteiger partial charge in [-0.15, -0.1) is 11.3 Å². The summed E-state index contributed by atoms with van der Waals surface area (Å²) < 4.78 is 15.7. The summed E-state index contributed by atoms with van der Waals surface area (Å²) in [5, 5.41) is 6.05. The van der Waals surface area contributed by atoms with Crippen molar-refractivity contribution in [1.82, 2.24) is 4.90 Å². The second-order valence-electron chi connectivity index (χ2n) is 7.85. The molecule has 2 aromatic carbocycles. The molecule has 2 aliphatic rings. The van der Waals surface area contributed by atoms with Crippen molar-refractivity contribution in [3.05, 3.63) is 58.7 Å². The van der Waals surface area contributed by atoms with Gasteiger partial charge in [0.15, 0.2) is 0 Å². The van der Waals surface area contributed by atoms with Gasteiger partial charge in [0.2, 0.25) is 5.91 Å². The van der Waals surface area contributed by atoms with Crippen LogP contribution in [0.25, 0.3) is 10.1 Å². The summed E-state index contributed by atoms with van der Waals surface area (Å²) in [7, 11) is 0. The van der Waals surface area contributed by atoms with Crippen LogP contribution in [0.5, 0.6) is 0 Å². The summed E-state index contributed by atoms with van der Waals surface area (Å²) in [6, 6.07) is 11.9. The molecule has 1 saturated heterocycles. The molecule has 29 heavy (non-hydrogen) atoms. The standard InChI is InChI=1S/C23H24FN3OS/c24-19-4-5-21-18(8-14-29-21)23(19)27-12-10-26(11-13-27)9-7-16-1-2-17-3-6-22(28)25-20(17)15-16/h1-2,4-5,8,14-15H,3,6-7,9-13H2,(H,25,28). The number of carbonyl (C=O) groups is 1. The molecule has 150 valence electrons. The van der Waals surface area contributed by atoms with Crippen LogP contribution in [-0.4, -0.2) is 43.5 Å². The Morgan fingerprint density at radius 1 is 1.03 bits per heavy atom. The number of halogens is 1. The highest BCUT2D eigenvalue weighted by atomic mass is 32.1. The minimum Gasteiger partial charge on any atom is -0.366 e. The molecule has 1 amide bonds. The van der Waals surface area contributed by atoms with E-state index in [4.69, 9.17) is 0 Å². The molecule has 3 heterocycles. The van der Waals surface area contributed by atoms with Crippen molar-refractivity contribution in [2.75, 3.05) is 42.9 Å². The van der Waals surface area contributed by atoms with Crippen LogP contribution < -0.4 is 10.2 Å². The average molecular weight is 410 g/mol. The zero-order chi connectivity index (χ0) is 19.8. The Morgan fingerprint density at radius 3 is 2.76 bits per heavy atom. The van der Waals surface area contributed by atoms with Crippen LogP contribution in [0, 0.1) is 5.82 Å². The number of hydrogen-bond donors (Lipinski definition) is 1. The molecule has 2 aliphatic heterocycles. The first-order chi connectivity index (χ1) is 14.2. The summed E-state index contributed by atoms with van der Waals surface area (Å²) in [6.07, 6.45) is 2.37. The number of amides is 1. The van der Waals surface area contributed by atoms with E-state index in [1.54, 1.807) is 17.4 Å². The van der Waals surface area contributed by atoms with Crippen LogP contribution in [0.1, 0.15) is 17.5 Å². The highest BCUT2D eigenvalue weighted by molar-refractivity contribution is 7.17. The third kappa shape index (κ3) is 3.74. The van der Waals surface area contributed by atoms with Crippen molar-refractivity contribution in [1.29, 1.82) is 0 Å². The highest BCUT2D eigenvalue weighted by Gasteiger charge is 2.22. The molecule has 0 radical (unpaired) electrons. The van der Waals surface area contributed by atoms with E-state index in [-0.39, 0.29) is 11.7 Å². The maximum Gasteiger partial charge on any atom is 0.224 e. The Hall–Kier alpha value is -2.44. The molecule has 0 atom stereocenters. The fourth-order valence-electron chi connectivity index (χ4n) is 4.38. The van der Waals surface area contributed by atoms with Crippen LogP contribution in [0.15, 0.2) is 41.8 Å². The van der Waals surface area contributed by atoms with E-state index in [1.807, 2.05) is 17.5 Å². The van der Waals surface area contributed by atoms with Crippen LogP contribution in [-0.2, 0) is 17.6 Å². The number of nitrogens with one attached hydrogen (secondary N) is 1. The van der Waals surface area contributed by atoms with Crippen molar-refractivity contribution in [3.8, 4) is 0 Å². The summed E-state index contributed by atoms with van der Waals surface area (Å²) in [5.41, 5.74) is 4.21. The monoisotopic (exact) mass is 409 g/mol.